The fourth-order valence-corrected chi connectivity index (χ4v) is 1.08. The Kier molecular flexibility index (Phi) is 2.35. The van der Waals surface area contributed by atoms with Gasteiger partial charge in [0, 0.05) is 11.3 Å². The molecule has 1 atom stereocenters. The number of phenolic OH excluding ortho intramolecular Hbond substituents is 1. The van der Waals surface area contributed by atoms with Crippen LogP contribution in [0.4, 0.5) is 5.69 Å². The summed E-state index contributed by atoms with van der Waals surface area (Å²) in [5.41, 5.74) is 9.82. The lowest BCUT2D eigenvalue weighted by atomic mass is 9.92. The van der Waals surface area contributed by atoms with Crippen LogP contribution in [0.3, 0.4) is 0 Å². The number of nitrogens with two attached hydrogens (primary N) is 2. The SMILES string of the molecule is C[C@@](N)(C(=O)O)c1cc(N)ccc1O. The van der Waals surface area contributed by atoms with Crippen molar-refractivity contribution in [2.75, 3.05) is 5.73 Å². The molecule has 0 amide bonds. The number of aliphatic carboxylic acids is 1. The Bertz CT molecular complexity index is 374. The zero-order valence-electron chi connectivity index (χ0n) is 7.69. The normalized spacial score (nSPS) is 14.7. The molecule has 0 heterocycles. The number of phenols is 1. The molecule has 5 heteroatoms. The molecule has 0 aliphatic carbocycles. The molecule has 6 N–H and O–H groups in total. The Hall–Kier alpha value is -1.75. The number of carboxylic acid groups (broad SMARTS) is 1. The van der Waals surface area contributed by atoms with Crippen LogP contribution in [-0.4, -0.2) is 16.2 Å². The van der Waals surface area contributed by atoms with Crippen molar-refractivity contribution < 1.29 is 15.0 Å². The van der Waals surface area contributed by atoms with Gasteiger partial charge in [0.15, 0.2) is 0 Å². The minimum absolute atomic E-state index is 0.102. The lowest BCUT2D eigenvalue weighted by Crippen LogP contribution is -2.41. The van der Waals surface area contributed by atoms with Crippen molar-refractivity contribution in [2.24, 2.45) is 5.73 Å². The molecule has 1 aromatic carbocycles. The third-order valence-electron chi connectivity index (χ3n) is 2.02. The first-order valence-electron chi connectivity index (χ1n) is 3.97. The predicted molar refractivity (Wildman–Crippen MR) is 51.7 cm³/mol. The third-order valence-corrected chi connectivity index (χ3v) is 2.02. The summed E-state index contributed by atoms with van der Waals surface area (Å²) in [6.07, 6.45) is 0. The van der Waals surface area contributed by atoms with Crippen molar-refractivity contribution >= 4 is 11.7 Å². The maximum absolute atomic E-state index is 10.8. The number of carboxylic acids is 1. The van der Waals surface area contributed by atoms with Crippen LogP contribution in [0.25, 0.3) is 0 Å². The average Bonchev–Trinajstić information content (AvgIpc) is 2.08. The van der Waals surface area contributed by atoms with E-state index in [9.17, 15) is 9.90 Å². The second kappa shape index (κ2) is 3.19. The molecule has 0 saturated heterocycles. The van der Waals surface area contributed by atoms with Crippen molar-refractivity contribution in [3.05, 3.63) is 23.8 Å². The molecule has 0 aliphatic rings. The van der Waals surface area contributed by atoms with Crippen LogP contribution in [0.5, 0.6) is 5.75 Å². The summed E-state index contributed by atoms with van der Waals surface area (Å²) in [7, 11) is 0. The Morgan fingerprint density at radius 2 is 2.07 bits per heavy atom. The van der Waals surface area contributed by atoms with Crippen molar-refractivity contribution in [3.63, 3.8) is 0 Å². The number of carbonyl (C=O) groups is 1. The molecule has 0 bridgehead atoms. The lowest BCUT2D eigenvalue weighted by molar-refractivity contribution is -0.143. The molecule has 0 aromatic heterocycles. The zero-order valence-corrected chi connectivity index (χ0v) is 7.69. The molecule has 0 radical (unpaired) electrons. The van der Waals surface area contributed by atoms with Crippen molar-refractivity contribution in [1.82, 2.24) is 0 Å². The molecule has 14 heavy (non-hydrogen) atoms. The highest BCUT2D eigenvalue weighted by Gasteiger charge is 2.32. The molecule has 0 fully saturated rings. The van der Waals surface area contributed by atoms with E-state index in [1.165, 1.54) is 25.1 Å². The molecule has 0 aliphatic heterocycles. The van der Waals surface area contributed by atoms with Gasteiger partial charge in [0.05, 0.1) is 0 Å². The summed E-state index contributed by atoms with van der Waals surface area (Å²) in [5, 5.41) is 18.3. The first-order valence-corrected chi connectivity index (χ1v) is 3.97. The second-order valence-corrected chi connectivity index (χ2v) is 3.28. The Balaban J connectivity index is 3.31. The predicted octanol–water partition coefficient (Wildman–Crippen LogP) is 0.233. The van der Waals surface area contributed by atoms with E-state index in [1.54, 1.807) is 0 Å². The second-order valence-electron chi connectivity index (χ2n) is 3.28. The van der Waals surface area contributed by atoms with E-state index >= 15 is 0 Å². The Morgan fingerprint density at radius 3 is 2.57 bits per heavy atom. The largest absolute Gasteiger partial charge is 0.508 e. The number of nitrogen functional groups attached to an aromatic ring is 1. The highest BCUT2D eigenvalue weighted by atomic mass is 16.4. The van der Waals surface area contributed by atoms with E-state index < -0.39 is 11.5 Å². The van der Waals surface area contributed by atoms with Gasteiger partial charge in [0.1, 0.15) is 11.3 Å². The summed E-state index contributed by atoms with van der Waals surface area (Å²) >= 11 is 0. The van der Waals surface area contributed by atoms with Gasteiger partial charge in [-0.15, -0.1) is 0 Å². The zero-order chi connectivity index (χ0) is 10.9. The Morgan fingerprint density at radius 1 is 1.50 bits per heavy atom. The van der Waals surface area contributed by atoms with E-state index in [0.29, 0.717) is 5.69 Å². The third kappa shape index (κ3) is 1.62. The van der Waals surface area contributed by atoms with Gasteiger partial charge in [0.2, 0.25) is 0 Å². The monoisotopic (exact) mass is 196 g/mol. The molecular formula is C9H12N2O3. The first-order chi connectivity index (χ1) is 6.35. The summed E-state index contributed by atoms with van der Waals surface area (Å²) in [5.74, 6) is -1.40. The highest BCUT2D eigenvalue weighted by Crippen LogP contribution is 2.29. The van der Waals surface area contributed by atoms with Gasteiger partial charge in [-0.2, -0.15) is 0 Å². The molecule has 1 rings (SSSR count). The summed E-state index contributed by atoms with van der Waals surface area (Å²) in [6, 6.07) is 4.14. The number of aromatic hydroxyl groups is 1. The molecule has 0 unspecified atom stereocenters. The van der Waals surface area contributed by atoms with Crippen LogP contribution in [-0.2, 0) is 10.3 Å². The molecule has 0 spiro atoms. The van der Waals surface area contributed by atoms with Gasteiger partial charge in [0.25, 0.3) is 0 Å². The minimum atomic E-state index is -1.64. The molecular weight excluding hydrogens is 184 g/mol. The van der Waals surface area contributed by atoms with Crippen molar-refractivity contribution in [3.8, 4) is 5.75 Å². The number of hydrogen-bond donors (Lipinski definition) is 4. The number of anilines is 1. The maximum atomic E-state index is 10.8. The van der Waals surface area contributed by atoms with E-state index in [4.69, 9.17) is 16.6 Å². The van der Waals surface area contributed by atoms with Crippen LogP contribution in [0, 0.1) is 0 Å². The summed E-state index contributed by atoms with van der Waals surface area (Å²) in [4.78, 5) is 10.8. The highest BCUT2D eigenvalue weighted by molar-refractivity contribution is 5.81. The lowest BCUT2D eigenvalue weighted by Gasteiger charge is -2.20. The van der Waals surface area contributed by atoms with E-state index in [-0.39, 0.29) is 11.3 Å². The van der Waals surface area contributed by atoms with E-state index in [1.807, 2.05) is 0 Å². The van der Waals surface area contributed by atoms with Gasteiger partial charge in [-0.05, 0) is 25.1 Å². The van der Waals surface area contributed by atoms with Gasteiger partial charge >= 0.3 is 5.97 Å². The minimum Gasteiger partial charge on any atom is -0.508 e. The topological polar surface area (TPSA) is 110 Å². The summed E-state index contributed by atoms with van der Waals surface area (Å²) < 4.78 is 0. The summed E-state index contributed by atoms with van der Waals surface area (Å²) in [6.45, 7) is 1.30. The van der Waals surface area contributed by atoms with E-state index in [2.05, 4.69) is 0 Å². The van der Waals surface area contributed by atoms with Crippen LogP contribution in [0.1, 0.15) is 12.5 Å². The molecule has 76 valence electrons. The van der Waals surface area contributed by atoms with Gasteiger partial charge in [-0.25, -0.2) is 4.79 Å². The van der Waals surface area contributed by atoms with Crippen LogP contribution in [0.15, 0.2) is 18.2 Å². The van der Waals surface area contributed by atoms with Gasteiger partial charge < -0.3 is 21.7 Å². The molecule has 0 saturated carbocycles. The Labute approximate surface area is 81.0 Å². The molecule has 1 aromatic rings. The van der Waals surface area contributed by atoms with Gasteiger partial charge in [-0.1, -0.05) is 0 Å². The van der Waals surface area contributed by atoms with Crippen LogP contribution < -0.4 is 11.5 Å². The van der Waals surface area contributed by atoms with Crippen molar-refractivity contribution in [1.29, 1.82) is 0 Å². The van der Waals surface area contributed by atoms with Crippen LogP contribution in [0.2, 0.25) is 0 Å². The van der Waals surface area contributed by atoms with Gasteiger partial charge in [-0.3, -0.25) is 0 Å². The number of rotatable bonds is 2. The first kappa shape index (κ1) is 10.3. The number of hydrogen-bond acceptors (Lipinski definition) is 4. The van der Waals surface area contributed by atoms with E-state index in [0.717, 1.165) is 0 Å². The van der Waals surface area contributed by atoms with Crippen LogP contribution >= 0.6 is 0 Å². The molecule has 5 nitrogen and oxygen atoms in total. The maximum Gasteiger partial charge on any atom is 0.328 e. The standard InChI is InChI=1S/C9H12N2O3/c1-9(11,8(13)14)6-4-5(10)2-3-7(6)12/h2-4,12H,10-11H2,1H3,(H,13,14)/t9-/m0/s1. The van der Waals surface area contributed by atoms with Crippen molar-refractivity contribution in [2.45, 2.75) is 12.5 Å². The quantitative estimate of drug-likeness (QED) is 0.400. The fraction of sp³-hybridized carbons (Fsp3) is 0.222. The number of benzene rings is 1. The fourth-order valence-electron chi connectivity index (χ4n) is 1.08. The average molecular weight is 196 g/mol. The smallest absolute Gasteiger partial charge is 0.328 e.